The lowest BCUT2D eigenvalue weighted by Crippen LogP contribution is -2.39. The molecule has 2 saturated carbocycles. The third-order valence-corrected chi connectivity index (χ3v) is 6.50. The van der Waals surface area contributed by atoms with Crippen LogP contribution in [0.4, 0.5) is 0 Å². The molecule has 25 heavy (non-hydrogen) atoms. The van der Waals surface area contributed by atoms with Gasteiger partial charge >= 0.3 is 0 Å². The highest BCUT2D eigenvalue weighted by atomic mass is 16.5. The van der Waals surface area contributed by atoms with Crippen LogP contribution in [0, 0.1) is 19.3 Å². The number of rotatable bonds is 4. The number of carbonyl (C=O) groups is 1. The highest BCUT2D eigenvalue weighted by Crippen LogP contribution is 2.72. The first-order valence-corrected chi connectivity index (χ1v) is 9.23. The van der Waals surface area contributed by atoms with Gasteiger partial charge in [-0.15, -0.1) is 0 Å². The van der Waals surface area contributed by atoms with Gasteiger partial charge in [0, 0.05) is 12.6 Å². The summed E-state index contributed by atoms with van der Waals surface area (Å²) in [5.74, 6) is 1.05. The van der Waals surface area contributed by atoms with Gasteiger partial charge in [0.1, 0.15) is 5.76 Å². The van der Waals surface area contributed by atoms with Crippen molar-refractivity contribution in [1.82, 2.24) is 10.1 Å². The van der Waals surface area contributed by atoms with Crippen molar-refractivity contribution in [3.8, 4) is 0 Å². The quantitative estimate of drug-likeness (QED) is 0.841. The van der Waals surface area contributed by atoms with Crippen LogP contribution in [0.15, 0.2) is 34.9 Å². The lowest BCUT2D eigenvalue weighted by atomic mass is 9.83. The topological polar surface area (TPSA) is 46.3 Å². The summed E-state index contributed by atoms with van der Waals surface area (Å²) in [5.41, 5.74) is 2.93. The second kappa shape index (κ2) is 5.72. The first-order valence-electron chi connectivity index (χ1n) is 9.23. The number of aryl methyl sites for hydroxylation is 2. The van der Waals surface area contributed by atoms with Crippen LogP contribution in [0.25, 0.3) is 0 Å². The Kier molecular flexibility index (Phi) is 3.75. The van der Waals surface area contributed by atoms with Gasteiger partial charge < -0.3 is 9.42 Å². The lowest BCUT2D eigenvalue weighted by molar-refractivity contribution is -0.134. The minimum Gasteiger partial charge on any atom is -0.361 e. The van der Waals surface area contributed by atoms with Crippen molar-refractivity contribution in [3.05, 3.63) is 52.9 Å². The number of hydrogen-bond acceptors (Lipinski definition) is 3. The van der Waals surface area contributed by atoms with Crippen LogP contribution in [0.3, 0.4) is 0 Å². The molecule has 1 spiro atoms. The minimum absolute atomic E-state index is 0.179. The van der Waals surface area contributed by atoms with Crippen molar-refractivity contribution < 1.29 is 9.32 Å². The molecule has 4 nitrogen and oxygen atoms in total. The molecule has 1 heterocycles. The Bertz CT molecular complexity index is 770. The van der Waals surface area contributed by atoms with Gasteiger partial charge in [-0.3, -0.25) is 4.79 Å². The van der Waals surface area contributed by atoms with E-state index in [1.807, 2.05) is 31.9 Å². The van der Waals surface area contributed by atoms with Crippen LogP contribution in [0.5, 0.6) is 0 Å². The van der Waals surface area contributed by atoms with E-state index in [1.165, 1.54) is 31.2 Å². The average molecular weight is 338 g/mol. The Labute approximate surface area is 149 Å². The Hall–Kier alpha value is -2.10. The Morgan fingerprint density at radius 3 is 2.48 bits per heavy atom. The molecule has 0 radical (unpaired) electrons. The van der Waals surface area contributed by atoms with Crippen LogP contribution in [0.2, 0.25) is 0 Å². The molecule has 1 atom stereocenters. The Morgan fingerprint density at radius 1 is 1.20 bits per heavy atom. The summed E-state index contributed by atoms with van der Waals surface area (Å²) in [7, 11) is 1.92. The first kappa shape index (κ1) is 16.4. The molecule has 4 heteroatoms. The fourth-order valence-electron chi connectivity index (χ4n) is 5.04. The van der Waals surface area contributed by atoms with E-state index in [0.29, 0.717) is 6.54 Å². The molecule has 1 aromatic carbocycles. The number of carbonyl (C=O) groups excluding carboxylic acids is 1. The molecule has 0 bridgehead atoms. The number of benzene rings is 1. The highest BCUT2D eigenvalue weighted by Gasteiger charge is 2.72. The van der Waals surface area contributed by atoms with E-state index in [0.717, 1.165) is 23.4 Å². The normalized spacial score (nSPS) is 23.8. The number of hydrogen-bond donors (Lipinski definition) is 0. The maximum absolute atomic E-state index is 13.6. The molecule has 4 rings (SSSR count). The number of amides is 1. The van der Waals surface area contributed by atoms with E-state index in [-0.39, 0.29) is 16.7 Å². The molecule has 1 aromatic heterocycles. The van der Waals surface area contributed by atoms with Crippen molar-refractivity contribution in [3.63, 3.8) is 0 Å². The monoisotopic (exact) mass is 338 g/mol. The lowest BCUT2D eigenvalue weighted by Gasteiger charge is -2.28. The van der Waals surface area contributed by atoms with E-state index in [1.54, 1.807) is 0 Å². The van der Waals surface area contributed by atoms with Crippen LogP contribution < -0.4 is 0 Å². The van der Waals surface area contributed by atoms with Crippen molar-refractivity contribution in [2.75, 3.05) is 7.05 Å². The van der Waals surface area contributed by atoms with Crippen molar-refractivity contribution in [2.45, 2.75) is 57.9 Å². The summed E-state index contributed by atoms with van der Waals surface area (Å²) in [5, 5.41) is 4.02. The number of aromatic nitrogens is 1. The average Bonchev–Trinajstić information content (AvgIpc) is 2.85. The van der Waals surface area contributed by atoms with E-state index < -0.39 is 0 Å². The maximum atomic E-state index is 13.6. The van der Waals surface area contributed by atoms with Gasteiger partial charge in [-0.1, -0.05) is 48.3 Å². The first-order chi connectivity index (χ1) is 12.0. The second-order valence-corrected chi connectivity index (χ2v) is 7.90. The van der Waals surface area contributed by atoms with Gasteiger partial charge in [0.15, 0.2) is 0 Å². The summed E-state index contributed by atoms with van der Waals surface area (Å²) in [6.45, 7) is 4.41. The summed E-state index contributed by atoms with van der Waals surface area (Å²) in [6.07, 6.45) is 5.83. The molecule has 1 unspecified atom stereocenters. The predicted molar refractivity (Wildman–Crippen MR) is 96.1 cm³/mol. The predicted octanol–water partition coefficient (Wildman–Crippen LogP) is 4.15. The fraction of sp³-hybridized carbons (Fsp3) is 0.524. The van der Waals surface area contributed by atoms with Crippen molar-refractivity contribution in [1.29, 1.82) is 0 Å². The van der Waals surface area contributed by atoms with Crippen LogP contribution in [-0.4, -0.2) is 23.0 Å². The maximum Gasteiger partial charge on any atom is 0.233 e. The number of nitrogens with zero attached hydrogens (tertiary/aromatic N) is 2. The summed E-state index contributed by atoms with van der Waals surface area (Å²) in [6, 6.07) is 10.4. The van der Waals surface area contributed by atoms with Gasteiger partial charge in [0.25, 0.3) is 0 Å². The molecule has 0 N–H and O–H groups in total. The zero-order valence-electron chi connectivity index (χ0n) is 15.3. The van der Waals surface area contributed by atoms with E-state index >= 15 is 0 Å². The van der Waals surface area contributed by atoms with E-state index in [9.17, 15) is 4.79 Å². The molecular formula is C21H26N2O2. The highest BCUT2D eigenvalue weighted by molar-refractivity contribution is 5.93. The van der Waals surface area contributed by atoms with Gasteiger partial charge in [0.05, 0.1) is 17.7 Å². The zero-order chi connectivity index (χ0) is 17.7. The fourth-order valence-corrected chi connectivity index (χ4v) is 5.04. The minimum atomic E-state index is -0.335. The van der Waals surface area contributed by atoms with Gasteiger partial charge in [0.2, 0.25) is 5.91 Å². The van der Waals surface area contributed by atoms with Crippen molar-refractivity contribution >= 4 is 5.91 Å². The molecule has 0 aliphatic heterocycles. The van der Waals surface area contributed by atoms with Crippen LogP contribution in [-0.2, 0) is 16.8 Å². The summed E-state index contributed by atoms with van der Waals surface area (Å²) >= 11 is 0. The molecular weight excluding hydrogens is 312 g/mol. The standard InChI is InChI=1S/C21H26N2O2/c1-15-18(16(2)25-22-15)13-23(3)19(24)21(17-9-5-4-6-10-17)14-20(21)11-7-8-12-20/h4-6,9-10H,7-8,11-14H2,1-3H3. The smallest absolute Gasteiger partial charge is 0.233 e. The molecule has 1 amide bonds. The van der Waals surface area contributed by atoms with Crippen molar-refractivity contribution in [2.24, 2.45) is 5.41 Å². The van der Waals surface area contributed by atoms with Gasteiger partial charge in [-0.2, -0.15) is 0 Å². The molecule has 0 saturated heterocycles. The van der Waals surface area contributed by atoms with Crippen LogP contribution >= 0.6 is 0 Å². The number of likely N-dealkylation sites (N-methyl/N-ethyl adjacent to an activating group) is 1. The molecule has 2 aromatic rings. The van der Waals surface area contributed by atoms with Gasteiger partial charge in [-0.25, -0.2) is 0 Å². The summed E-state index contributed by atoms with van der Waals surface area (Å²) in [4.78, 5) is 15.5. The molecule has 2 fully saturated rings. The SMILES string of the molecule is Cc1noc(C)c1CN(C)C(=O)C1(c2ccccc2)CC12CCCC2. The largest absolute Gasteiger partial charge is 0.361 e. The third kappa shape index (κ3) is 2.34. The summed E-state index contributed by atoms with van der Waals surface area (Å²) < 4.78 is 5.27. The molecule has 2 aliphatic rings. The molecule has 132 valence electrons. The van der Waals surface area contributed by atoms with Gasteiger partial charge in [-0.05, 0) is 44.1 Å². The third-order valence-electron chi connectivity index (χ3n) is 6.50. The van der Waals surface area contributed by atoms with E-state index in [2.05, 4.69) is 29.4 Å². The Morgan fingerprint density at radius 2 is 1.88 bits per heavy atom. The second-order valence-electron chi connectivity index (χ2n) is 7.90. The zero-order valence-corrected chi connectivity index (χ0v) is 15.3. The van der Waals surface area contributed by atoms with Crippen LogP contribution in [0.1, 0.15) is 54.7 Å². The van der Waals surface area contributed by atoms with E-state index in [4.69, 9.17) is 4.52 Å². The molecule has 2 aliphatic carbocycles. The Balaban J connectivity index is 1.66.